The number of nitrogens with zero attached hydrogens (tertiary/aromatic N) is 2. The normalized spacial score (nSPS) is 13.5. The third-order valence-corrected chi connectivity index (χ3v) is 7.23. The first-order chi connectivity index (χ1) is 16.6. The first kappa shape index (κ1) is 22.6. The maximum Gasteiger partial charge on any atom is 0.340 e. The summed E-state index contributed by atoms with van der Waals surface area (Å²) in [6.07, 6.45) is 0. The molecule has 0 amide bonds. The SMILES string of the molecule is CCOC(=O)c1c(CSc2ccccc2)n(C)c2cc(-c3ccccc3)c3c(c12)CN(C)CO3. The Kier molecular flexibility index (Phi) is 6.35. The Bertz CT molecular complexity index is 1330. The second kappa shape index (κ2) is 9.57. The highest BCUT2D eigenvalue weighted by Crippen LogP contribution is 2.44. The molecule has 4 aromatic rings. The predicted octanol–water partition coefficient (Wildman–Crippen LogP) is 6.10. The number of carbonyl (C=O) groups excluding carboxylic acids is 1. The zero-order valence-corrected chi connectivity index (χ0v) is 20.5. The number of esters is 1. The summed E-state index contributed by atoms with van der Waals surface area (Å²) in [5.74, 6) is 1.24. The minimum absolute atomic E-state index is 0.278. The summed E-state index contributed by atoms with van der Waals surface area (Å²) in [6, 6.07) is 22.7. The molecule has 0 radical (unpaired) electrons. The molecule has 1 aliphatic rings. The summed E-state index contributed by atoms with van der Waals surface area (Å²) in [5.41, 5.74) is 5.82. The van der Waals surface area contributed by atoms with Crippen LogP contribution in [-0.2, 0) is 24.1 Å². The van der Waals surface area contributed by atoms with Gasteiger partial charge in [0, 0.05) is 46.4 Å². The Labute approximate surface area is 204 Å². The van der Waals surface area contributed by atoms with Crippen molar-refractivity contribution in [3.63, 3.8) is 0 Å². The van der Waals surface area contributed by atoms with Crippen LogP contribution in [0.3, 0.4) is 0 Å². The highest BCUT2D eigenvalue weighted by atomic mass is 32.2. The van der Waals surface area contributed by atoms with Crippen molar-refractivity contribution >= 4 is 28.6 Å². The molecule has 0 saturated carbocycles. The molecule has 5 rings (SSSR count). The van der Waals surface area contributed by atoms with E-state index in [1.807, 2.05) is 57.4 Å². The number of aromatic nitrogens is 1. The van der Waals surface area contributed by atoms with E-state index in [0.29, 0.717) is 31.2 Å². The third-order valence-electron chi connectivity index (χ3n) is 6.20. The second-order valence-corrected chi connectivity index (χ2v) is 9.53. The molecule has 5 nitrogen and oxygen atoms in total. The molecular formula is C28H28N2O3S. The Morgan fingerprint density at radius 3 is 2.47 bits per heavy atom. The number of aryl methyl sites for hydroxylation is 1. The third kappa shape index (κ3) is 4.08. The molecule has 1 aliphatic heterocycles. The quantitative estimate of drug-likeness (QED) is 0.251. The number of benzene rings is 3. The van der Waals surface area contributed by atoms with Gasteiger partial charge >= 0.3 is 5.97 Å². The van der Waals surface area contributed by atoms with Crippen LogP contribution < -0.4 is 4.74 Å². The number of rotatable bonds is 6. The van der Waals surface area contributed by atoms with E-state index in [2.05, 4.69) is 39.8 Å². The fraction of sp³-hybridized carbons (Fsp3) is 0.250. The van der Waals surface area contributed by atoms with E-state index in [4.69, 9.17) is 9.47 Å². The van der Waals surface area contributed by atoms with Gasteiger partial charge in [-0.05, 0) is 37.7 Å². The Morgan fingerprint density at radius 2 is 1.76 bits per heavy atom. The largest absolute Gasteiger partial charge is 0.477 e. The lowest BCUT2D eigenvalue weighted by Gasteiger charge is -2.28. The number of fused-ring (bicyclic) bond motifs is 3. The molecule has 0 fully saturated rings. The van der Waals surface area contributed by atoms with E-state index in [1.54, 1.807) is 11.8 Å². The van der Waals surface area contributed by atoms with Gasteiger partial charge in [0.2, 0.25) is 0 Å². The van der Waals surface area contributed by atoms with Crippen LogP contribution in [0.15, 0.2) is 71.6 Å². The van der Waals surface area contributed by atoms with Crippen molar-refractivity contribution in [1.82, 2.24) is 9.47 Å². The molecule has 6 heteroatoms. The number of carbonyl (C=O) groups is 1. The summed E-state index contributed by atoms with van der Waals surface area (Å²) in [4.78, 5) is 16.6. The van der Waals surface area contributed by atoms with Gasteiger partial charge in [0.1, 0.15) is 12.5 Å². The molecule has 0 unspecified atom stereocenters. The summed E-state index contributed by atoms with van der Waals surface area (Å²) < 4.78 is 14.0. The van der Waals surface area contributed by atoms with Gasteiger partial charge in [-0.1, -0.05) is 48.5 Å². The van der Waals surface area contributed by atoms with Crippen molar-refractivity contribution in [1.29, 1.82) is 0 Å². The molecule has 0 saturated heterocycles. The smallest absolute Gasteiger partial charge is 0.340 e. The molecule has 2 heterocycles. The van der Waals surface area contributed by atoms with Gasteiger partial charge in [0.25, 0.3) is 0 Å². The van der Waals surface area contributed by atoms with Crippen LogP contribution in [0.5, 0.6) is 5.75 Å². The van der Waals surface area contributed by atoms with Gasteiger partial charge in [-0.2, -0.15) is 0 Å². The summed E-state index contributed by atoms with van der Waals surface area (Å²) in [7, 11) is 4.07. The predicted molar refractivity (Wildman–Crippen MR) is 137 cm³/mol. The number of ether oxygens (including phenoxy) is 2. The summed E-state index contributed by atoms with van der Waals surface area (Å²) >= 11 is 1.72. The van der Waals surface area contributed by atoms with Crippen molar-refractivity contribution in [2.45, 2.75) is 24.1 Å². The van der Waals surface area contributed by atoms with Crippen molar-refractivity contribution in [3.05, 3.63) is 83.6 Å². The highest BCUT2D eigenvalue weighted by molar-refractivity contribution is 7.98. The summed E-state index contributed by atoms with van der Waals surface area (Å²) in [6.45, 7) is 3.40. The van der Waals surface area contributed by atoms with Crippen molar-refractivity contribution in [2.75, 3.05) is 20.4 Å². The average molecular weight is 473 g/mol. The Hall–Kier alpha value is -3.22. The van der Waals surface area contributed by atoms with E-state index >= 15 is 0 Å². The van der Waals surface area contributed by atoms with Crippen molar-refractivity contribution in [2.24, 2.45) is 7.05 Å². The molecule has 34 heavy (non-hydrogen) atoms. The van der Waals surface area contributed by atoms with Gasteiger partial charge in [0.05, 0.1) is 17.7 Å². The van der Waals surface area contributed by atoms with Gasteiger partial charge in [-0.25, -0.2) is 4.79 Å². The van der Waals surface area contributed by atoms with Gasteiger partial charge in [-0.15, -0.1) is 11.8 Å². The maximum atomic E-state index is 13.3. The van der Waals surface area contributed by atoms with Crippen LogP contribution in [-0.4, -0.2) is 35.8 Å². The number of hydrogen-bond acceptors (Lipinski definition) is 5. The molecule has 1 aromatic heterocycles. The average Bonchev–Trinajstić information content (AvgIpc) is 3.15. The zero-order valence-electron chi connectivity index (χ0n) is 19.7. The lowest BCUT2D eigenvalue weighted by Crippen LogP contribution is -2.28. The van der Waals surface area contributed by atoms with E-state index < -0.39 is 0 Å². The van der Waals surface area contributed by atoms with Crippen LogP contribution in [0.4, 0.5) is 0 Å². The fourth-order valence-electron chi connectivity index (χ4n) is 4.60. The van der Waals surface area contributed by atoms with Gasteiger partial charge in [-0.3, -0.25) is 4.90 Å². The Morgan fingerprint density at radius 1 is 1.06 bits per heavy atom. The first-order valence-electron chi connectivity index (χ1n) is 11.5. The molecule has 0 aliphatic carbocycles. The van der Waals surface area contributed by atoms with Gasteiger partial charge < -0.3 is 14.0 Å². The highest BCUT2D eigenvalue weighted by Gasteiger charge is 2.30. The van der Waals surface area contributed by atoms with Crippen LogP contribution in [0, 0.1) is 0 Å². The van der Waals surface area contributed by atoms with Crippen molar-refractivity contribution < 1.29 is 14.3 Å². The van der Waals surface area contributed by atoms with E-state index in [9.17, 15) is 4.79 Å². The number of thioether (sulfide) groups is 1. The maximum absolute atomic E-state index is 13.3. The Balaban J connectivity index is 1.75. The molecule has 0 N–H and O–H groups in total. The molecule has 0 atom stereocenters. The second-order valence-electron chi connectivity index (χ2n) is 8.48. The van der Waals surface area contributed by atoms with E-state index in [0.717, 1.165) is 43.9 Å². The first-order valence-corrected chi connectivity index (χ1v) is 12.5. The topological polar surface area (TPSA) is 43.7 Å². The zero-order chi connectivity index (χ0) is 23.7. The molecular weight excluding hydrogens is 444 g/mol. The van der Waals surface area contributed by atoms with Crippen LogP contribution in [0.25, 0.3) is 22.0 Å². The minimum atomic E-state index is -0.278. The van der Waals surface area contributed by atoms with E-state index in [-0.39, 0.29) is 5.97 Å². The van der Waals surface area contributed by atoms with E-state index in [1.165, 1.54) is 0 Å². The van der Waals surface area contributed by atoms with Crippen LogP contribution >= 0.6 is 11.8 Å². The monoisotopic (exact) mass is 472 g/mol. The summed E-state index contributed by atoms with van der Waals surface area (Å²) in [5, 5.41) is 0.936. The molecule has 0 bridgehead atoms. The van der Waals surface area contributed by atoms with Crippen LogP contribution in [0.1, 0.15) is 28.5 Å². The minimum Gasteiger partial charge on any atom is -0.477 e. The van der Waals surface area contributed by atoms with Crippen molar-refractivity contribution in [3.8, 4) is 16.9 Å². The molecule has 3 aromatic carbocycles. The van der Waals surface area contributed by atoms with Crippen LogP contribution in [0.2, 0.25) is 0 Å². The molecule has 174 valence electrons. The standard InChI is InChI=1S/C28H28N2O3S/c1-4-32-28(31)26-24(17-34-20-13-9-6-10-14-20)30(3)23-15-21(19-11-7-5-8-12-19)27-22(25(23)26)16-29(2)18-33-27/h5-15H,4,16-18H2,1-3H3. The lowest BCUT2D eigenvalue weighted by molar-refractivity contribution is 0.0527. The fourth-order valence-corrected chi connectivity index (χ4v) is 5.60. The molecule has 0 spiro atoms. The van der Waals surface area contributed by atoms with Gasteiger partial charge in [0.15, 0.2) is 0 Å². The lowest BCUT2D eigenvalue weighted by atomic mass is 9.95. The number of hydrogen-bond donors (Lipinski definition) is 0.